The first kappa shape index (κ1) is 11.3. The van der Waals surface area contributed by atoms with Gasteiger partial charge in [0.25, 0.3) is 0 Å². The molecule has 0 spiro atoms. The van der Waals surface area contributed by atoms with Crippen LogP contribution in [-0.2, 0) is 0 Å². The standard InChI is InChI=1S/C12H14BrN3/c1-9(7-13)16(2)12-8-14-10-5-3-4-6-11(10)15-12/h3-6,8-9H,7H2,1-2H3. The number of benzene rings is 1. The Kier molecular flexibility index (Phi) is 3.39. The molecule has 0 fully saturated rings. The summed E-state index contributed by atoms with van der Waals surface area (Å²) >= 11 is 3.47. The van der Waals surface area contributed by atoms with Gasteiger partial charge in [0.05, 0.1) is 17.2 Å². The first-order valence-electron chi connectivity index (χ1n) is 5.23. The second kappa shape index (κ2) is 4.78. The second-order valence-corrected chi connectivity index (χ2v) is 4.48. The minimum Gasteiger partial charge on any atom is -0.355 e. The van der Waals surface area contributed by atoms with Crippen LogP contribution in [0.2, 0.25) is 0 Å². The van der Waals surface area contributed by atoms with Crippen LogP contribution in [0.1, 0.15) is 6.92 Å². The number of hydrogen-bond acceptors (Lipinski definition) is 3. The summed E-state index contributed by atoms with van der Waals surface area (Å²) in [4.78, 5) is 11.1. The number of para-hydroxylation sites is 2. The number of nitrogens with zero attached hydrogens (tertiary/aromatic N) is 3. The number of hydrogen-bond donors (Lipinski definition) is 0. The molecule has 1 aromatic heterocycles. The molecule has 1 atom stereocenters. The minimum atomic E-state index is 0.399. The summed E-state index contributed by atoms with van der Waals surface area (Å²) in [6.07, 6.45) is 1.82. The minimum absolute atomic E-state index is 0.399. The largest absolute Gasteiger partial charge is 0.355 e. The van der Waals surface area contributed by atoms with Crippen LogP contribution in [0.4, 0.5) is 5.82 Å². The maximum Gasteiger partial charge on any atom is 0.147 e. The van der Waals surface area contributed by atoms with E-state index in [4.69, 9.17) is 0 Å². The van der Waals surface area contributed by atoms with E-state index >= 15 is 0 Å². The zero-order chi connectivity index (χ0) is 11.5. The average molecular weight is 280 g/mol. The highest BCUT2D eigenvalue weighted by atomic mass is 79.9. The van der Waals surface area contributed by atoms with Crippen molar-refractivity contribution in [1.29, 1.82) is 0 Å². The van der Waals surface area contributed by atoms with E-state index in [-0.39, 0.29) is 0 Å². The van der Waals surface area contributed by atoms with Gasteiger partial charge in [-0.25, -0.2) is 4.98 Å². The van der Waals surface area contributed by atoms with Gasteiger partial charge in [-0.1, -0.05) is 28.1 Å². The Labute approximate surface area is 104 Å². The molecule has 0 aliphatic carbocycles. The molecule has 2 aromatic rings. The molecule has 2 rings (SSSR count). The fourth-order valence-electron chi connectivity index (χ4n) is 1.45. The molecule has 1 unspecified atom stereocenters. The number of fused-ring (bicyclic) bond motifs is 1. The van der Waals surface area contributed by atoms with Crippen LogP contribution in [0.25, 0.3) is 11.0 Å². The Hall–Kier alpha value is -1.16. The van der Waals surface area contributed by atoms with Crippen molar-refractivity contribution in [2.24, 2.45) is 0 Å². The maximum atomic E-state index is 4.59. The number of rotatable bonds is 3. The fraction of sp³-hybridized carbons (Fsp3) is 0.333. The first-order chi connectivity index (χ1) is 7.72. The van der Waals surface area contributed by atoms with Crippen LogP contribution in [-0.4, -0.2) is 28.4 Å². The van der Waals surface area contributed by atoms with Crippen LogP contribution >= 0.6 is 15.9 Å². The number of alkyl halides is 1. The van der Waals surface area contributed by atoms with E-state index in [0.29, 0.717) is 6.04 Å². The SMILES string of the molecule is CC(CBr)N(C)c1cnc2ccccc2n1. The van der Waals surface area contributed by atoms with Gasteiger partial charge in [0.2, 0.25) is 0 Å². The van der Waals surface area contributed by atoms with Crippen LogP contribution in [0.3, 0.4) is 0 Å². The number of halogens is 1. The summed E-state index contributed by atoms with van der Waals surface area (Å²) < 4.78 is 0. The summed E-state index contributed by atoms with van der Waals surface area (Å²) in [5.41, 5.74) is 1.87. The van der Waals surface area contributed by atoms with Gasteiger partial charge in [-0.2, -0.15) is 0 Å². The maximum absolute atomic E-state index is 4.59. The lowest BCUT2D eigenvalue weighted by Gasteiger charge is -2.23. The van der Waals surface area contributed by atoms with Gasteiger partial charge in [0.1, 0.15) is 5.82 Å². The molecule has 1 aromatic carbocycles. The number of anilines is 1. The quantitative estimate of drug-likeness (QED) is 0.809. The molecule has 3 nitrogen and oxygen atoms in total. The lowest BCUT2D eigenvalue weighted by molar-refractivity contribution is 0.757. The van der Waals surface area contributed by atoms with Crippen LogP contribution in [0, 0.1) is 0 Å². The lowest BCUT2D eigenvalue weighted by Crippen LogP contribution is -2.30. The summed E-state index contributed by atoms with van der Waals surface area (Å²) in [5.74, 6) is 0.908. The van der Waals surface area contributed by atoms with E-state index < -0.39 is 0 Å². The second-order valence-electron chi connectivity index (χ2n) is 3.83. The molecule has 0 aliphatic heterocycles. The molecule has 0 saturated heterocycles. The molecule has 0 aliphatic rings. The smallest absolute Gasteiger partial charge is 0.147 e. The van der Waals surface area contributed by atoms with Gasteiger partial charge in [0.15, 0.2) is 0 Å². The van der Waals surface area contributed by atoms with Crippen molar-refractivity contribution in [3.05, 3.63) is 30.5 Å². The molecule has 0 saturated carbocycles. The summed E-state index contributed by atoms with van der Waals surface area (Å²) in [6.45, 7) is 2.14. The average Bonchev–Trinajstić information content (AvgIpc) is 2.36. The predicted octanol–water partition coefficient (Wildman–Crippen LogP) is 2.85. The molecule has 4 heteroatoms. The van der Waals surface area contributed by atoms with Crippen molar-refractivity contribution in [1.82, 2.24) is 9.97 Å². The molecule has 0 bridgehead atoms. The molecule has 0 radical (unpaired) electrons. The van der Waals surface area contributed by atoms with Crippen LogP contribution < -0.4 is 4.90 Å². The van der Waals surface area contributed by atoms with Gasteiger partial charge in [-0.05, 0) is 19.1 Å². The summed E-state index contributed by atoms with van der Waals surface area (Å²) in [7, 11) is 2.03. The van der Waals surface area contributed by atoms with Crippen LogP contribution in [0.15, 0.2) is 30.5 Å². The van der Waals surface area contributed by atoms with E-state index in [0.717, 1.165) is 22.2 Å². The van der Waals surface area contributed by atoms with Gasteiger partial charge in [-0.15, -0.1) is 0 Å². The Balaban J connectivity index is 2.39. The monoisotopic (exact) mass is 279 g/mol. The van der Waals surface area contributed by atoms with E-state index in [1.807, 2.05) is 37.5 Å². The molecule has 16 heavy (non-hydrogen) atoms. The number of aromatic nitrogens is 2. The van der Waals surface area contributed by atoms with Gasteiger partial charge in [-0.3, -0.25) is 4.98 Å². The van der Waals surface area contributed by atoms with Crippen molar-refractivity contribution in [3.8, 4) is 0 Å². The summed E-state index contributed by atoms with van der Waals surface area (Å²) in [6, 6.07) is 8.31. The Morgan fingerprint density at radius 2 is 2.00 bits per heavy atom. The highest BCUT2D eigenvalue weighted by molar-refractivity contribution is 9.09. The third-order valence-electron chi connectivity index (χ3n) is 2.68. The lowest BCUT2D eigenvalue weighted by atomic mass is 10.3. The molecule has 0 amide bonds. The van der Waals surface area contributed by atoms with Crippen LogP contribution in [0.5, 0.6) is 0 Å². The molecular weight excluding hydrogens is 266 g/mol. The topological polar surface area (TPSA) is 29.0 Å². The van der Waals surface area contributed by atoms with Crippen molar-refractivity contribution in [3.63, 3.8) is 0 Å². The van der Waals surface area contributed by atoms with E-state index in [9.17, 15) is 0 Å². The van der Waals surface area contributed by atoms with Crippen molar-refractivity contribution in [2.45, 2.75) is 13.0 Å². The molecule has 0 N–H and O–H groups in total. The van der Waals surface area contributed by atoms with E-state index in [2.05, 4.69) is 37.7 Å². The van der Waals surface area contributed by atoms with Gasteiger partial charge < -0.3 is 4.90 Å². The van der Waals surface area contributed by atoms with E-state index in [1.165, 1.54) is 0 Å². The van der Waals surface area contributed by atoms with Crippen molar-refractivity contribution in [2.75, 3.05) is 17.3 Å². The zero-order valence-corrected chi connectivity index (χ0v) is 11.0. The van der Waals surface area contributed by atoms with E-state index in [1.54, 1.807) is 0 Å². The zero-order valence-electron chi connectivity index (χ0n) is 9.39. The highest BCUT2D eigenvalue weighted by Gasteiger charge is 2.10. The Morgan fingerprint density at radius 3 is 2.69 bits per heavy atom. The van der Waals surface area contributed by atoms with Crippen molar-refractivity contribution < 1.29 is 0 Å². The molecule has 1 heterocycles. The summed E-state index contributed by atoms with van der Waals surface area (Å²) in [5, 5.41) is 0.915. The third kappa shape index (κ3) is 2.16. The highest BCUT2D eigenvalue weighted by Crippen LogP contribution is 2.16. The van der Waals surface area contributed by atoms with Gasteiger partial charge >= 0.3 is 0 Å². The molecule has 84 valence electrons. The Bertz CT molecular complexity index is 486. The van der Waals surface area contributed by atoms with Gasteiger partial charge in [0, 0.05) is 18.4 Å². The normalized spacial score (nSPS) is 12.7. The Morgan fingerprint density at radius 1 is 1.31 bits per heavy atom. The van der Waals surface area contributed by atoms with Crippen molar-refractivity contribution >= 4 is 32.8 Å². The predicted molar refractivity (Wildman–Crippen MR) is 71.2 cm³/mol. The fourth-order valence-corrected chi connectivity index (χ4v) is 1.88. The molecular formula is C12H14BrN3. The first-order valence-corrected chi connectivity index (χ1v) is 6.35. The third-order valence-corrected chi connectivity index (χ3v) is 3.62.